The number of aromatic nitrogens is 1. The molecule has 0 atom stereocenters. The first kappa shape index (κ1) is 10.8. The van der Waals surface area contributed by atoms with E-state index in [9.17, 15) is 4.79 Å². The van der Waals surface area contributed by atoms with E-state index in [1.165, 1.54) is 17.8 Å². The maximum atomic E-state index is 11.5. The van der Waals surface area contributed by atoms with E-state index in [-0.39, 0.29) is 12.6 Å². The average molecular weight is 209 g/mol. The number of ether oxygens (including phenoxy) is 1. The summed E-state index contributed by atoms with van der Waals surface area (Å²) >= 11 is 1.42. The fourth-order valence-electron chi connectivity index (χ4n) is 0.921. The Bertz CT molecular complexity index is 339. The van der Waals surface area contributed by atoms with Gasteiger partial charge in [0.15, 0.2) is 0 Å². The molecule has 4 heteroatoms. The van der Waals surface area contributed by atoms with Crippen LogP contribution in [0.5, 0.6) is 0 Å². The first-order chi connectivity index (χ1) is 6.79. The summed E-state index contributed by atoms with van der Waals surface area (Å²) in [6.45, 7) is 3.69. The molecule has 0 amide bonds. The highest BCUT2D eigenvalue weighted by molar-refractivity contribution is 7.98. The molecule has 0 aromatic carbocycles. The molecule has 3 nitrogen and oxygen atoms in total. The van der Waals surface area contributed by atoms with E-state index < -0.39 is 0 Å². The van der Waals surface area contributed by atoms with Crippen LogP contribution < -0.4 is 0 Å². The van der Waals surface area contributed by atoms with Gasteiger partial charge >= 0.3 is 5.97 Å². The lowest BCUT2D eigenvalue weighted by atomic mass is 10.3. The third-order valence-electron chi connectivity index (χ3n) is 1.52. The van der Waals surface area contributed by atoms with E-state index in [0.29, 0.717) is 10.6 Å². The number of carbonyl (C=O) groups excluding carboxylic acids is 1. The molecule has 0 spiro atoms. The highest BCUT2D eigenvalue weighted by Gasteiger charge is 2.11. The van der Waals surface area contributed by atoms with Gasteiger partial charge in [0.05, 0.1) is 5.56 Å². The van der Waals surface area contributed by atoms with E-state index >= 15 is 0 Å². The van der Waals surface area contributed by atoms with Crippen molar-refractivity contribution in [3.05, 3.63) is 36.5 Å². The first-order valence-electron chi connectivity index (χ1n) is 4.06. The molecule has 0 fully saturated rings. The molecule has 1 aromatic rings. The largest absolute Gasteiger partial charge is 0.458 e. The van der Waals surface area contributed by atoms with E-state index in [2.05, 4.69) is 11.6 Å². The van der Waals surface area contributed by atoms with Gasteiger partial charge in [-0.3, -0.25) is 0 Å². The number of carbonyl (C=O) groups is 1. The number of thioether (sulfide) groups is 1. The third kappa shape index (κ3) is 2.60. The van der Waals surface area contributed by atoms with Gasteiger partial charge < -0.3 is 4.74 Å². The zero-order valence-corrected chi connectivity index (χ0v) is 8.71. The van der Waals surface area contributed by atoms with Crippen molar-refractivity contribution in [2.24, 2.45) is 0 Å². The summed E-state index contributed by atoms with van der Waals surface area (Å²) < 4.78 is 4.91. The van der Waals surface area contributed by atoms with Crippen molar-refractivity contribution in [1.82, 2.24) is 4.98 Å². The first-order valence-corrected chi connectivity index (χ1v) is 5.29. The summed E-state index contributed by atoms with van der Waals surface area (Å²) in [4.78, 5) is 15.5. The Hall–Kier alpha value is -1.29. The Balaban J connectivity index is 2.82. The Morgan fingerprint density at radius 3 is 3.21 bits per heavy atom. The van der Waals surface area contributed by atoms with Crippen LogP contribution in [0.15, 0.2) is 36.0 Å². The molecule has 0 aliphatic rings. The fraction of sp³-hybridized carbons (Fsp3) is 0.200. The molecular weight excluding hydrogens is 198 g/mol. The highest BCUT2D eigenvalue weighted by Crippen LogP contribution is 2.17. The lowest BCUT2D eigenvalue weighted by Gasteiger charge is -2.04. The van der Waals surface area contributed by atoms with Crippen LogP contribution in [0, 0.1) is 0 Å². The van der Waals surface area contributed by atoms with Crippen LogP contribution in [0.25, 0.3) is 0 Å². The van der Waals surface area contributed by atoms with Gasteiger partial charge in [-0.25, -0.2) is 9.78 Å². The molecular formula is C10H11NO2S. The van der Waals surface area contributed by atoms with E-state index in [4.69, 9.17) is 4.74 Å². The molecule has 0 N–H and O–H groups in total. The highest BCUT2D eigenvalue weighted by atomic mass is 32.2. The van der Waals surface area contributed by atoms with Crippen LogP contribution in [0.1, 0.15) is 10.4 Å². The third-order valence-corrected chi connectivity index (χ3v) is 2.23. The molecule has 0 bridgehead atoms. The maximum Gasteiger partial charge on any atom is 0.341 e. The van der Waals surface area contributed by atoms with Gasteiger partial charge in [0.1, 0.15) is 11.6 Å². The number of rotatable bonds is 4. The summed E-state index contributed by atoms with van der Waals surface area (Å²) in [5.74, 6) is -0.359. The zero-order valence-electron chi connectivity index (χ0n) is 7.90. The van der Waals surface area contributed by atoms with Crippen molar-refractivity contribution < 1.29 is 9.53 Å². The summed E-state index contributed by atoms with van der Waals surface area (Å²) in [7, 11) is 0. The maximum absolute atomic E-state index is 11.5. The summed E-state index contributed by atoms with van der Waals surface area (Å²) in [6, 6.07) is 3.41. The Morgan fingerprint density at radius 1 is 1.79 bits per heavy atom. The molecule has 1 aromatic heterocycles. The van der Waals surface area contributed by atoms with Gasteiger partial charge in [-0.15, -0.1) is 11.8 Å². The standard InChI is InChI=1S/C10H11NO2S/c1-3-7-13-10(12)8-5-4-6-11-9(8)14-2/h3-6H,1,7H2,2H3. The minimum atomic E-state index is -0.359. The topological polar surface area (TPSA) is 39.2 Å². The number of esters is 1. The second-order valence-corrected chi connectivity index (χ2v) is 3.24. The van der Waals surface area contributed by atoms with E-state index in [0.717, 1.165) is 0 Å². The molecule has 0 radical (unpaired) electrons. The molecule has 1 rings (SSSR count). The predicted octanol–water partition coefficient (Wildman–Crippen LogP) is 2.15. The van der Waals surface area contributed by atoms with E-state index in [1.807, 2.05) is 6.26 Å². The van der Waals surface area contributed by atoms with Gasteiger partial charge in [0, 0.05) is 6.20 Å². The summed E-state index contributed by atoms with van der Waals surface area (Å²) in [5, 5.41) is 0.682. The van der Waals surface area contributed by atoms with Crippen LogP contribution >= 0.6 is 11.8 Å². The molecule has 0 saturated heterocycles. The number of hydrogen-bond acceptors (Lipinski definition) is 4. The fourth-order valence-corrected chi connectivity index (χ4v) is 1.46. The lowest BCUT2D eigenvalue weighted by molar-refractivity contribution is 0.0545. The Morgan fingerprint density at radius 2 is 2.57 bits per heavy atom. The number of hydrogen-bond donors (Lipinski definition) is 0. The van der Waals surface area contributed by atoms with Crippen molar-refractivity contribution in [3.8, 4) is 0 Å². The zero-order chi connectivity index (χ0) is 10.4. The van der Waals surface area contributed by atoms with Crippen LogP contribution in [0.3, 0.4) is 0 Å². The summed E-state index contributed by atoms with van der Waals surface area (Å²) in [6.07, 6.45) is 5.05. The quantitative estimate of drug-likeness (QED) is 0.432. The average Bonchev–Trinajstić information content (AvgIpc) is 2.25. The van der Waals surface area contributed by atoms with Gasteiger partial charge in [0.2, 0.25) is 0 Å². The molecule has 0 saturated carbocycles. The van der Waals surface area contributed by atoms with Crippen molar-refractivity contribution >= 4 is 17.7 Å². The van der Waals surface area contributed by atoms with Gasteiger partial charge in [-0.1, -0.05) is 12.7 Å². The molecule has 0 aliphatic heterocycles. The number of nitrogens with zero attached hydrogens (tertiary/aromatic N) is 1. The van der Waals surface area contributed by atoms with Crippen LogP contribution in [-0.2, 0) is 4.74 Å². The SMILES string of the molecule is C=CCOC(=O)c1cccnc1SC. The van der Waals surface area contributed by atoms with Gasteiger partial charge in [-0.05, 0) is 18.4 Å². The second-order valence-electron chi connectivity index (χ2n) is 2.45. The Kier molecular flexibility index (Phi) is 4.19. The van der Waals surface area contributed by atoms with Crippen molar-refractivity contribution in [3.63, 3.8) is 0 Å². The van der Waals surface area contributed by atoms with Crippen molar-refractivity contribution in [2.75, 3.05) is 12.9 Å². The smallest absolute Gasteiger partial charge is 0.341 e. The van der Waals surface area contributed by atoms with Crippen molar-refractivity contribution in [1.29, 1.82) is 0 Å². The van der Waals surface area contributed by atoms with Crippen LogP contribution in [0.4, 0.5) is 0 Å². The minimum Gasteiger partial charge on any atom is -0.458 e. The summed E-state index contributed by atoms with van der Waals surface area (Å²) in [5.41, 5.74) is 0.502. The number of pyridine rings is 1. The molecule has 0 unspecified atom stereocenters. The molecule has 1 heterocycles. The molecule has 74 valence electrons. The Labute approximate surface area is 87.2 Å². The second kappa shape index (κ2) is 5.44. The van der Waals surface area contributed by atoms with Gasteiger partial charge in [-0.2, -0.15) is 0 Å². The van der Waals surface area contributed by atoms with E-state index in [1.54, 1.807) is 18.3 Å². The minimum absolute atomic E-state index is 0.224. The van der Waals surface area contributed by atoms with Gasteiger partial charge in [0.25, 0.3) is 0 Å². The van der Waals surface area contributed by atoms with Crippen molar-refractivity contribution in [2.45, 2.75) is 5.03 Å². The lowest BCUT2D eigenvalue weighted by Crippen LogP contribution is -2.07. The normalized spacial score (nSPS) is 9.50. The molecule has 14 heavy (non-hydrogen) atoms. The van der Waals surface area contributed by atoms with Crippen LogP contribution in [0.2, 0.25) is 0 Å². The monoisotopic (exact) mass is 209 g/mol. The van der Waals surface area contributed by atoms with Crippen LogP contribution in [-0.4, -0.2) is 23.8 Å². The molecule has 0 aliphatic carbocycles. The predicted molar refractivity (Wildman–Crippen MR) is 56.5 cm³/mol.